The van der Waals surface area contributed by atoms with Crippen molar-refractivity contribution in [2.75, 3.05) is 39.5 Å². The molecule has 1 heterocycles. The van der Waals surface area contributed by atoms with Gasteiger partial charge >= 0.3 is 0 Å². The number of nitrogens with one attached hydrogen (secondary N) is 1. The fourth-order valence-corrected chi connectivity index (χ4v) is 3.29. The van der Waals surface area contributed by atoms with Crippen LogP contribution in [0.4, 0.5) is 0 Å². The zero-order chi connectivity index (χ0) is 12.3. The third kappa shape index (κ3) is 7.65. The van der Waals surface area contributed by atoms with Gasteiger partial charge in [0.15, 0.2) is 0 Å². The molecule has 0 fully saturated rings. The molecule has 0 aliphatic rings. The predicted molar refractivity (Wildman–Crippen MR) is 78.6 cm³/mol. The Balaban J connectivity index is 2.00. The summed E-state index contributed by atoms with van der Waals surface area (Å²) in [6, 6.07) is 6.03. The van der Waals surface area contributed by atoms with Crippen molar-refractivity contribution in [3.8, 4) is 0 Å². The second-order valence-electron chi connectivity index (χ2n) is 3.83. The molecule has 5 heteroatoms. The highest BCUT2D eigenvalue weighted by Crippen LogP contribution is 2.28. The SMILES string of the molecule is CNCCCN(C)CCSSc1ccccn1. The second kappa shape index (κ2) is 9.76. The van der Waals surface area contributed by atoms with Crippen LogP contribution < -0.4 is 5.32 Å². The Labute approximate surface area is 112 Å². The molecule has 0 amide bonds. The van der Waals surface area contributed by atoms with Gasteiger partial charge in [-0.05, 0) is 56.5 Å². The van der Waals surface area contributed by atoms with Gasteiger partial charge in [-0.1, -0.05) is 16.9 Å². The molecule has 1 aromatic rings. The van der Waals surface area contributed by atoms with E-state index in [1.807, 2.05) is 42.2 Å². The minimum absolute atomic E-state index is 1.09. The van der Waals surface area contributed by atoms with Crippen molar-refractivity contribution in [2.24, 2.45) is 0 Å². The van der Waals surface area contributed by atoms with Crippen LogP contribution in [0.15, 0.2) is 29.4 Å². The van der Waals surface area contributed by atoms with Gasteiger partial charge in [0.25, 0.3) is 0 Å². The van der Waals surface area contributed by atoms with Crippen LogP contribution in [0.5, 0.6) is 0 Å². The van der Waals surface area contributed by atoms with E-state index in [1.165, 1.54) is 6.42 Å². The summed E-state index contributed by atoms with van der Waals surface area (Å²) in [5.74, 6) is 1.14. The molecule has 0 atom stereocenters. The van der Waals surface area contributed by atoms with Crippen LogP contribution >= 0.6 is 21.6 Å². The van der Waals surface area contributed by atoms with Crippen LogP contribution in [0.2, 0.25) is 0 Å². The first-order valence-corrected chi connectivity index (χ1v) is 8.18. The lowest BCUT2D eigenvalue weighted by Gasteiger charge is -2.15. The number of hydrogen-bond donors (Lipinski definition) is 1. The summed E-state index contributed by atoms with van der Waals surface area (Å²) in [5, 5.41) is 4.26. The summed E-state index contributed by atoms with van der Waals surface area (Å²) in [6.07, 6.45) is 3.05. The highest BCUT2D eigenvalue weighted by Gasteiger charge is 1.99. The first-order chi connectivity index (χ1) is 8.33. The molecule has 3 nitrogen and oxygen atoms in total. The molecule has 0 saturated heterocycles. The van der Waals surface area contributed by atoms with E-state index in [-0.39, 0.29) is 0 Å². The van der Waals surface area contributed by atoms with Crippen molar-refractivity contribution in [3.63, 3.8) is 0 Å². The average molecular weight is 271 g/mol. The van der Waals surface area contributed by atoms with Gasteiger partial charge in [0, 0.05) is 18.5 Å². The van der Waals surface area contributed by atoms with Gasteiger partial charge in [0.05, 0.1) is 0 Å². The van der Waals surface area contributed by atoms with Crippen molar-refractivity contribution in [1.82, 2.24) is 15.2 Å². The van der Waals surface area contributed by atoms with E-state index in [2.05, 4.69) is 22.2 Å². The van der Waals surface area contributed by atoms with Gasteiger partial charge in [-0.15, -0.1) is 0 Å². The van der Waals surface area contributed by atoms with Crippen molar-refractivity contribution in [1.29, 1.82) is 0 Å². The molecule has 1 N–H and O–H groups in total. The third-order valence-electron chi connectivity index (χ3n) is 2.31. The molecule has 0 aliphatic carbocycles. The molecule has 0 aromatic carbocycles. The Morgan fingerprint density at radius 2 is 2.24 bits per heavy atom. The van der Waals surface area contributed by atoms with Crippen molar-refractivity contribution in [2.45, 2.75) is 11.4 Å². The van der Waals surface area contributed by atoms with E-state index in [0.717, 1.165) is 30.4 Å². The summed E-state index contributed by atoms with van der Waals surface area (Å²) >= 11 is 0. The number of pyridine rings is 1. The van der Waals surface area contributed by atoms with Gasteiger partial charge in [-0.2, -0.15) is 0 Å². The van der Waals surface area contributed by atoms with Crippen LogP contribution in [0.3, 0.4) is 0 Å². The first kappa shape index (κ1) is 14.8. The fourth-order valence-electron chi connectivity index (χ4n) is 1.33. The van der Waals surface area contributed by atoms with Crippen molar-refractivity contribution < 1.29 is 0 Å². The van der Waals surface area contributed by atoms with E-state index in [4.69, 9.17) is 0 Å². The van der Waals surface area contributed by atoms with Gasteiger partial charge in [0.2, 0.25) is 0 Å². The van der Waals surface area contributed by atoms with Gasteiger partial charge in [-0.3, -0.25) is 0 Å². The standard InChI is InChI=1S/C12H21N3S2/c1-13-7-5-9-15(2)10-11-16-17-12-6-3-4-8-14-12/h3-4,6,8,13H,5,7,9-11H2,1-2H3. The largest absolute Gasteiger partial charge is 0.320 e. The lowest BCUT2D eigenvalue weighted by molar-refractivity contribution is 0.349. The lowest BCUT2D eigenvalue weighted by atomic mass is 10.4. The van der Waals surface area contributed by atoms with Crippen molar-refractivity contribution >= 4 is 21.6 Å². The Morgan fingerprint density at radius 3 is 2.94 bits per heavy atom. The number of nitrogens with zero attached hydrogens (tertiary/aromatic N) is 2. The Morgan fingerprint density at radius 1 is 1.35 bits per heavy atom. The van der Waals surface area contributed by atoms with E-state index >= 15 is 0 Å². The average Bonchev–Trinajstić information content (AvgIpc) is 2.36. The molecular weight excluding hydrogens is 250 g/mol. The summed E-state index contributed by atoms with van der Waals surface area (Å²) in [7, 11) is 7.81. The van der Waals surface area contributed by atoms with Gasteiger partial charge < -0.3 is 10.2 Å². The molecule has 0 saturated carbocycles. The Kier molecular flexibility index (Phi) is 8.52. The normalized spacial score (nSPS) is 11.0. The van der Waals surface area contributed by atoms with E-state index in [9.17, 15) is 0 Å². The lowest BCUT2D eigenvalue weighted by Crippen LogP contribution is -2.24. The van der Waals surface area contributed by atoms with E-state index in [1.54, 1.807) is 10.8 Å². The highest BCUT2D eigenvalue weighted by atomic mass is 33.1. The number of hydrogen-bond acceptors (Lipinski definition) is 5. The molecular formula is C12H21N3S2. The molecule has 0 radical (unpaired) electrons. The fraction of sp³-hybridized carbons (Fsp3) is 0.583. The molecule has 96 valence electrons. The van der Waals surface area contributed by atoms with Gasteiger partial charge in [-0.25, -0.2) is 4.98 Å². The minimum Gasteiger partial charge on any atom is -0.320 e. The van der Waals surface area contributed by atoms with Crippen LogP contribution in [-0.2, 0) is 0 Å². The molecule has 1 aromatic heterocycles. The molecule has 17 heavy (non-hydrogen) atoms. The van der Waals surface area contributed by atoms with Crippen molar-refractivity contribution in [3.05, 3.63) is 24.4 Å². The summed E-state index contributed by atoms with van der Waals surface area (Å²) < 4.78 is 0. The summed E-state index contributed by atoms with van der Waals surface area (Å²) in [6.45, 7) is 3.39. The Hall–Kier alpha value is -0.230. The number of aromatic nitrogens is 1. The highest BCUT2D eigenvalue weighted by molar-refractivity contribution is 8.76. The maximum absolute atomic E-state index is 4.28. The summed E-state index contributed by atoms with van der Waals surface area (Å²) in [4.78, 5) is 6.65. The summed E-state index contributed by atoms with van der Waals surface area (Å²) in [5.41, 5.74) is 0. The second-order valence-corrected chi connectivity index (χ2v) is 6.27. The van der Waals surface area contributed by atoms with E-state index < -0.39 is 0 Å². The quantitative estimate of drug-likeness (QED) is 0.550. The van der Waals surface area contributed by atoms with Gasteiger partial charge in [0.1, 0.15) is 5.03 Å². The van der Waals surface area contributed by atoms with Crippen LogP contribution in [0.1, 0.15) is 6.42 Å². The first-order valence-electron chi connectivity index (χ1n) is 5.86. The minimum atomic E-state index is 1.09. The third-order valence-corrected chi connectivity index (χ3v) is 4.55. The topological polar surface area (TPSA) is 28.2 Å². The number of rotatable bonds is 9. The maximum atomic E-state index is 4.28. The zero-order valence-corrected chi connectivity index (χ0v) is 12.2. The molecule has 1 rings (SSSR count). The molecule has 0 spiro atoms. The Bertz CT molecular complexity index is 282. The van der Waals surface area contributed by atoms with E-state index in [0.29, 0.717) is 0 Å². The molecule has 0 unspecified atom stereocenters. The van der Waals surface area contributed by atoms with Crippen LogP contribution in [0.25, 0.3) is 0 Å². The monoisotopic (exact) mass is 271 g/mol. The predicted octanol–water partition coefficient (Wildman–Crippen LogP) is 2.36. The van der Waals surface area contributed by atoms with Crippen LogP contribution in [0, 0.1) is 0 Å². The molecule has 0 aliphatic heterocycles. The van der Waals surface area contributed by atoms with Crippen LogP contribution in [-0.4, -0.2) is 49.4 Å². The smallest absolute Gasteiger partial charge is 0.106 e. The maximum Gasteiger partial charge on any atom is 0.106 e. The zero-order valence-electron chi connectivity index (χ0n) is 10.6. The molecule has 0 bridgehead atoms.